The zero-order valence-electron chi connectivity index (χ0n) is 25.9. The fourth-order valence-electron chi connectivity index (χ4n) is 5.62. The number of benzene rings is 2. The second-order valence-corrected chi connectivity index (χ2v) is 12.2. The molecule has 0 N–H and O–H groups in total. The first kappa shape index (κ1) is 32.8. The molecule has 0 radical (unpaired) electrons. The predicted molar refractivity (Wildman–Crippen MR) is 175 cm³/mol. The fourth-order valence-corrected chi connectivity index (χ4v) is 6.91. The van der Waals surface area contributed by atoms with Crippen molar-refractivity contribution < 1.29 is 26.7 Å². The molecule has 0 bridgehead atoms. The summed E-state index contributed by atoms with van der Waals surface area (Å²) in [6.45, 7) is -0.116. The highest BCUT2D eigenvalue weighted by molar-refractivity contribution is 7.22. The molecule has 0 fully saturated rings. The van der Waals surface area contributed by atoms with Gasteiger partial charge in [0.25, 0.3) is 5.56 Å². The second-order valence-electron chi connectivity index (χ2n) is 11.2. The number of thiophene rings is 1. The zero-order chi connectivity index (χ0) is 34.3. The Morgan fingerprint density at radius 3 is 2.42 bits per heavy atom. The lowest BCUT2D eigenvalue weighted by Gasteiger charge is -2.19. The van der Waals surface area contributed by atoms with E-state index in [1.165, 1.54) is 25.3 Å². The first-order chi connectivity index (χ1) is 22.9. The van der Waals surface area contributed by atoms with Crippen molar-refractivity contribution in [2.45, 2.75) is 19.3 Å². The van der Waals surface area contributed by atoms with E-state index in [4.69, 9.17) is 4.74 Å². The highest BCUT2D eigenvalue weighted by Gasteiger charge is 2.35. The molecule has 8 nitrogen and oxygen atoms in total. The first-order valence-electron chi connectivity index (χ1n) is 14.6. The molecule has 14 heteroatoms. The van der Waals surface area contributed by atoms with Crippen molar-refractivity contribution >= 4 is 27.4 Å². The summed E-state index contributed by atoms with van der Waals surface area (Å²) in [5, 5.41) is -0.0244. The summed E-state index contributed by atoms with van der Waals surface area (Å²) in [5.41, 5.74) is -3.58. The molecule has 0 saturated carbocycles. The SMILES string of the molecule is COc1cccc(-n2c(=O)c3c(CN(C)C)c(-c4ccc(N5C=CC=CC5)nc4)sc3n(Cc3c(F)cccc3C(F)(F)F)c2=O)c1F. The van der Waals surface area contributed by atoms with Crippen molar-refractivity contribution in [1.82, 2.24) is 19.0 Å². The Balaban J connectivity index is 1.67. The maximum Gasteiger partial charge on any atom is 0.416 e. The maximum atomic E-state index is 15.7. The van der Waals surface area contributed by atoms with Crippen LogP contribution in [0, 0.1) is 11.6 Å². The molecule has 0 atom stereocenters. The number of allylic oxidation sites excluding steroid dienone is 2. The van der Waals surface area contributed by atoms with E-state index in [0.717, 1.165) is 34.1 Å². The van der Waals surface area contributed by atoms with E-state index in [2.05, 4.69) is 4.98 Å². The minimum Gasteiger partial charge on any atom is -0.494 e. The number of anilines is 1. The van der Waals surface area contributed by atoms with Gasteiger partial charge >= 0.3 is 11.9 Å². The molecular formula is C34H28F5N5O3S. The third-order valence-electron chi connectivity index (χ3n) is 7.81. The van der Waals surface area contributed by atoms with Crippen LogP contribution in [0.25, 0.3) is 26.3 Å². The predicted octanol–water partition coefficient (Wildman–Crippen LogP) is 6.58. The molecule has 48 heavy (non-hydrogen) atoms. The molecule has 3 aromatic heterocycles. The van der Waals surface area contributed by atoms with Gasteiger partial charge in [0.05, 0.1) is 30.3 Å². The summed E-state index contributed by atoms with van der Waals surface area (Å²) in [6.07, 6.45) is 4.28. The quantitative estimate of drug-likeness (QED) is 0.173. The van der Waals surface area contributed by atoms with Crippen LogP contribution in [0.15, 0.2) is 88.7 Å². The molecule has 0 unspecified atom stereocenters. The number of methoxy groups -OCH3 is 1. The van der Waals surface area contributed by atoms with Gasteiger partial charge in [0.15, 0.2) is 11.6 Å². The summed E-state index contributed by atoms with van der Waals surface area (Å²) in [6, 6.07) is 9.94. The van der Waals surface area contributed by atoms with E-state index < -0.39 is 52.4 Å². The number of fused-ring (bicyclic) bond motifs is 1. The van der Waals surface area contributed by atoms with Crippen LogP contribution in [-0.4, -0.2) is 46.8 Å². The van der Waals surface area contributed by atoms with E-state index in [9.17, 15) is 22.8 Å². The lowest BCUT2D eigenvalue weighted by molar-refractivity contribution is -0.138. The van der Waals surface area contributed by atoms with Crippen molar-refractivity contribution in [2.24, 2.45) is 0 Å². The summed E-state index contributed by atoms with van der Waals surface area (Å²) in [4.78, 5) is 37.4. The smallest absolute Gasteiger partial charge is 0.416 e. The molecule has 6 rings (SSSR count). The zero-order valence-corrected chi connectivity index (χ0v) is 26.7. The first-order valence-corrected chi connectivity index (χ1v) is 15.4. The number of ether oxygens (including phenoxy) is 1. The third kappa shape index (κ3) is 5.92. The summed E-state index contributed by atoms with van der Waals surface area (Å²) >= 11 is 0.992. The van der Waals surface area contributed by atoms with Crippen LogP contribution < -0.4 is 20.9 Å². The molecule has 2 aromatic carbocycles. The van der Waals surface area contributed by atoms with Gasteiger partial charge in [0.2, 0.25) is 0 Å². The van der Waals surface area contributed by atoms with Crippen LogP contribution in [0.4, 0.5) is 27.8 Å². The largest absolute Gasteiger partial charge is 0.494 e. The molecule has 0 amide bonds. The van der Waals surface area contributed by atoms with Gasteiger partial charge in [-0.05, 0) is 62.1 Å². The highest BCUT2D eigenvalue weighted by atomic mass is 32.1. The number of halogens is 5. The summed E-state index contributed by atoms with van der Waals surface area (Å²) in [5.74, 6) is -1.83. The van der Waals surface area contributed by atoms with Gasteiger partial charge in [-0.25, -0.2) is 23.1 Å². The number of pyridine rings is 1. The van der Waals surface area contributed by atoms with E-state index >= 15 is 8.78 Å². The van der Waals surface area contributed by atoms with Crippen LogP contribution in [0.5, 0.6) is 5.75 Å². The lowest BCUT2D eigenvalue weighted by atomic mass is 10.1. The van der Waals surface area contributed by atoms with Crippen molar-refractivity contribution in [3.8, 4) is 21.9 Å². The van der Waals surface area contributed by atoms with Gasteiger partial charge in [0, 0.05) is 41.5 Å². The Hall–Kier alpha value is -5.08. The number of rotatable bonds is 8. The van der Waals surface area contributed by atoms with Gasteiger partial charge in [-0.3, -0.25) is 9.36 Å². The van der Waals surface area contributed by atoms with Crippen molar-refractivity contribution in [3.05, 3.63) is 128 Å². The number of alkyl halides is 3. The third-order valence-corrected chi connectivity index (χ3v) is 9.12. The Labute approximate surface area is 274 Å². The van der Waals surface area contributed by atoms with Crippen molar-refractivity contribution in [3.63, 3.8) is 0 Å². The molecule has 0 aliphatic carbocycles. The molecule has 248 valence electrons. The van der Waals surface area contributed by atoms with Crippen LogP contribution in [0.1, 0.15) is 16.7 Å². The lowest BCUT2D eigenvalue weighted by Crippen LogP contribution is -2.40. The summed E-state index contributed by atoms with van der Waals surface area (Å²) < 4.78 is 79.7. The van der Waals surface area contributed by atoms with Gasteiger partial charge in [-0.2, -0.15) is 13.2 Å². The minimum absolute atomic E-state index is 0.000888. The number of hydrogen-bond acceptors (Lipinski definition) is 7. The molecule has 4 heterocycles. The highest BCUT2D eigenvalue weighted by Crippen LogP contribution is 2.39. The van der Waals surface area contributed by atoms with E-state index in [1.807, 2.05) is 29.3 Å². The Morgan fingerprint density at radius 2 is 1.77 bits per heavy atom. The number of hydrogen-bond donors (Lipinski definition) is 0. The molecule has 5 aromatic rings. The molecule has 1 aliphatic heterocycles. The molecule has 0 saturated heterocycles. The fraction of sp³-hybridized carbons (Fsp3) is 0.206. The number of aromatic nitrogens is 3. The maximum absolute atomic E-state index is 15.7. The molecule has 1 aliphatic rings. The van der Waals surface area contributed by atoms with Gasteiger partial charge in [0.1, 0.15) is 16.5 Å². The van der Waals surface area contributed by atoms with E-state index in [0.29, 0.717) is 32.9 Å². The minimum atomic E-state index is -4.95. The standard InChI is InChI=1S/C34H28F5N5O3S/c1-41(2)18-22-28-31(45)44(25-11-8-12-26(47-3)29(25)36)33(46)43(19-21-23(34(37,38)39)9-7-10-24(21)35)32(28)48-30(22)20-13-14-27(40-17-20)42-15-5-4-6-16-42/h4-15,17H,16,18-19H2,1-3H3. The topological polar surface area (TPSA) is 72.6 Å². The summed E-state index contributed by atoms with van der Waals surface area (Å²) in [7, 11) is 4.73. The Morgan fingerprint density at radius 1 is 1.00 bits per heavy atom. The van der Waals surface area contributed by atoms with Crippen LogP contribution in [0.2, 0.25) is 0 Å². The van der Waals surface area contributed by atoms with Crippen LogP contribution in [-0.2, 0) is 19.3 Å². The molecule has 0 spiro atoms. The normalized spacial score (nSPS) is 13.2. The second kappa shape index (κ2) is 12.8. The van der Waals surface area contributed by atoms with Crippen LogP contribution in [0.3, 0.4) is 0 Å². The average molecular weight is 682 g/mol. The van der Waals surface area contributed by atoms with Crippen molar-refractivity contribution in [1.29, 1.82) is 0 Å². The van der Waals surface area contributed by atoms with E-state index in [1.54, 1.807) is 37.3 Å². The van der Waals surface area contributed by atoms with Gasteiger partial charge in [-0.1, -0.05) is 24.3 Å². The number of nitrogens with zero attached hydrogens (tertiary/aromatic N) is 5. The van der Waals surface area contributed by atoms with E-state index in [-0.39, 0.29) is 22.5 Å². The van der Waals surface area contributed by atoms with Crippen LogP contribution >= 0.6 is 11.3 Å². The Bertz CT molecular complexity index is 2200. The molecular weight excluding hydrogens is 653 g/mol. The van der Waals surface area contributed by atoms with Crippen molar-refractivity contribution in [2.75, 3.05) is 32.6 Å². The van der Waals surface area contributed by atoms with Gasteiger partial charge < -0.3 is 14.5 Å². The Kier molecular flexibility index (Phi) is 8.79. The monoisotopic (exact) mass is 681 g/mol. The average Bonchev–Trinajstić information content (AvgIpc) is 3.43. The van der Waals surface area contributed by atoms with Gasteiger partial charge in [-0.15, -0.1) is 11.3 Å².